The number of aliphatic hydroxyl groups excluding tert-OH is 1. The highest BCUT2D eigenvalue weighted by Crippen LogP contribution is 2.62. The lowest BCUT2D eigenvalue weighted by molar-refractivity contribution is -0.120. The van der Waals surface area contributed by atoms with Crippen LogP contribution in [0.1, 0.15) is 132 Å². The third-order valence-electron chi connectivity index (χ3n) is 11.6. The number of aromatic nitrogens is 1. The minimum absolute atomic E-state index is 0.000491. The zero-order valence-corrected chi connectivity index (χ0v) is 36.7. The topological polar surface area (TPSA) is 173 Å². The number of fused-ring (bicyclic) bond motifs is 4. The molecule has 0 amide bonds. The summed E-state index contributed by atoms with van der Waals surface area (Å²) in [7, 11) is 0.435. The summed E-state index contributed by atoms with van der Waals surface area (Å²) in [5.74, 6) is -4.95. The van der Waals surface area contributed by atoms with E-state index in [4.69, 9.17) is 32.6 Å². The highest BCUT2D eigenvalue weighted by atomic mass is 28.4. The van der Waals surface area contributed by atoms with Crippen LogP contribution in [0.2, 0.25) is 18.1 Å². The lowest BCUT2D eigenvalue weighted by Crippen LogP contribution is -2.69. The summed E-state index contributed by atoms with van der Waals surface area (Å²) in [4.78, 5) is 59.5. The maximum Gasteiger partial charge on any atom is 0.514 e. The van der Waals surface area contributed by atoms with Crippen molar-refractivity contribution in [2.24, 2.45) is 11.8 Å². The molecule has 15 heteroatoms. The average Bonchev–Trinajstić information content (AvgIpc) is 3.51. The van der Waals surface area contributed by atoms with Crippen LogP contribution in [-0.2, 0) is 18.6 Å². The largest absolute Gasteiger partial charge is 0.514 e. The van der Waals surface area contributed by atoms with Gasteiger partial charge in [0.1, 0.15) is 28.8 Å². The summed E-state index contributed by atoms with van der Waals surface area (Å²) in [6, 6.07) is 3.94. The van der Waals surface area contributed by atoms with E-state index in [-0.39, 0.29) is 47.3 Å². The molecule has 0 aliphatic heterocycles. The zero-order valence-electron chi connectivity index (χ0n) is 35.7. The Morgan fingerprint density at radius 3 is 2.23 bits per heavy atom. The molecule has 1 aromatic carbocycles. The van der Waals surface area contributed by atoms with E-state index < -0.39 is 84.1 Å². The van der Waals surface area contributed by atoms with Crippen molar-refractivity contribution in [1.82, 2.24) is 10.1 Å². The number of carbonyl (C=O) groups is 4. The molecule has 3 aliphatic rings. The fourth-order valence-electron chi connectivity index (χ4n) is 7.86. The van der Waals surface area contributed by atoms with Gasteiger partial charge in [-0.05, 0) is 88.5 Å². The Bertz CT molecular complexity index is 1900. The van der Waals surface area contributed by atoms with Crippen LogP contribution in [0.3, 0.4) is 0 Å². The molecule has 1 N–H and O–H groups in total. The quantitative estimate of drug-likeness (QED) is 0.0930. The van der Waals surface area contributed by atoms with Crippen molar-refractivity contribution in [3.8, 4) is 11.6 Å². The minimum atomic E-state index is -3.12. The summed E-state index contributed by atoms with van der Waals surface area (Å²) in [6.07, 6.45) is -0.500. The second-order valence-corrected chi connectivity index (χ2v) is 22.7. The fourth-order valence-corrected chi connectivity index (χ4v) is 9.29. The van der Waals surface area contributed by atoms with Crippen LogP contribution >= 0.6 is 0 Å². The van der Waals surface area contributed by atoms with Crippen molar-refractivity contribution in [2.75, 3.05) is 27.3 Å². The first kappa shape index (κ1) is 43.9. The molecular formula is C42H60N2O12Si. The SMILES string of the molecule is CCCCOC(=O)O[C@H]1[C@H]2C(=C(O)[C@]3(O[Si](C)(C)C(C)(C)C)C(=O)c4c(OCCCC)noc4[C@@H](N(C)C)[C@H]13)C(=O)c1c(OC(=O)OC(C)(C)C)cccc1[C@@H]2C. The lowest BCUT2D eigenvalue weighted by atomic mass is 9.55. The number of rotatable bonds is 12. The van der Waals surface area contributed by atoms with E-state index in [1.807, 2.05) is 54.6 Å². The predicted octanol–water partition coefficient (Wildman–Crippen LogP) is 9.11. The van der Waals surface area contributed by atoms with Crippen molar-refractivity contribution >= 4 is 32.2 Å². The number of carbonyl (C=O) groups excluding carboxylic acids is 4. The Morgan fingerprint density at radius 2 is 1.63 bits per heavy atom. The van der Waals surface area contributed by atoms with E-state index in [0.717, 1.165) is 12.8 Å². The first-order valence-electron chi connectivity index (χ1n) is 19.9. The number of ether oxygens (including phenoxy) is 5. The van der Waals surface area contributed by atoms with E-state index in [1.165, 1.54) is 6.07 Å². The van der Waals surface area contributed by atoms with Gasteiger partial charge in [-0.15, -0.1) is 0 Å². The summed E-state index contributed by atoms with van der Waals surface area (Å²) >= 11 is 0. The zero-order chi connectivity index (χ0) is 42.4. The molecule has 1 aromatic heterocycles. The fraction of sp³-hybridized carbons (Fsp3) is 0.643. The summed E-state index contributed by atoms with van der Waals surface area (Å²) in [5.41, 5.74) is -2.95. The molecule has 0 radical (unpaired) electrons. The standard InChI is InChI=1S/C42H60N2O12Si/c1-14-16-21-50-37-29-34(55-43-37)31(44(10)11)30-33(53-38(48)51-22-17-15-2)26-23(3)24-19-18-20-25(52-39(49)54-40(4,5)6)27(24)32(45)28(26)35(46)42(30,36(29)47)56-57(12,13)41(7,8)9/h18-20,23,26,30-31,33,46H,14-17,21-22H2,1-13H3/t23-,26+,30+,31-,33-,42-/m0/s1. The molecule has 14 nitrogen and oxygen atoms in total. The Balaban J connectivity index is 1.86. The second-order valence-electron chi connectivity index (χ2n) is 18.0. The molecule has 2 aromatic rings. The number of hydrogen-bond acceptors (Lipinski definition) is 14. The molecule has 0 fully saturated rings. The van der Waals surface area contributed by atoms with E-state index in [1.54, 1.807) is 51.9 Å². The molecule has 1 heterocycles. The summed E-state index contributed by atoms with van der Waals surface area (Å²) in [5, 5.41) is 16.8. The van der Waals surface area contributed by atoms with Crippen LogP contribution in [0.4, 0.5) is 9.59 Å². The molecule has 0 saturated carbocycles. The van der Waals surface area contributed by atoms with Crippen LogP contribution in [-0.4, -0.2) is 92.0 Å². The van der Waals surface area contributed by atoms with Gasteiger partial charge in [-0.3, -0.25) is 14.5 Å². The lowest BCUT2D eigenvalue weighted by Gasteiger charge is -2.57. The van der Waals surface area contributed by atoms with Gasteiger partial charge in [0, 0.05) is 11.5 Å². The Kier molecular flexibility index (Phi) is 12.5. The number of benzene rings is 1. The van der Waals surface area contributed by atoms with Crippen LogP contribution in [0.25, 0.3) is 0 Å². The second kappa shape index (κ2) is 16.2. The van der Waals surface area contributed by atoms with Crippen molar-refractivity contribution in [1.29, 1.82) is 0 Å². The molecule has 0 saturated heterocycles. The van der Waals surface area contributed by atoms with Gasteiger partial charge in [-0.2, -0.15) is 0 Å². The van der Waals surface area contributed by atoms with Crippen molar-refractivity contribution in [2.45, 2.75) is 135 Å². The molecule has 6 atom stereocenters. The predicted molar refractivity (Wildman–Crippen MR) is 212 cm³/mol. The van der Waals surface area contributed by atoms with Crippen molar-refractivity contribution < 1.29 is 56.9 Å². The van der Waals surface area contributed by atoms with Crippen molar-refractivity contribution in [3.63, 3.8) is 0 Å². The van der Waals surface area contributed by atoms with Gasteiger partial charge in [-0.25, -0.2) is 9.59 Å². The van der Waals surface area contributed by atoms with Gasteiger partial charge < -0.3 is 37.7 Å². The summed E-state index contributed by atoms with van der Waals surface area (Å²) in [6.45, 7) is 21.0. The molecule has 5 rings (SSSR count). The van der Waals surface area contributed by atoms with Crippen LogP contribution in [0.15, 0.2) is 34.1 Å². The highest BCUT2D eigenvalue weighted by Gasteiger charge is 2.72. The molecule has 3 aliphatic carbocycles. The third kappa shape index (κ3) is 7.99. The monoisotopic (exact) mass is 812 g/mol. The highest BCUT2D eigenvalue weighted by molar-refractivity contribution is 6.74. The van der Waals surface area contributed by atoms with Gasteiger partial charge in [0.2, 0.25) is 5.78 Å². The minimum Gasteiger partial charge on any atom is -0.508 e. The Labute approximate surface area is 336 Å². The number of unbranched alkanes of at least 4 members (excludes halogenated alkanes) is 2. The van der Waals surface area contributed by atoms with Gasteiger partial charge in [0.25, 0.3) is 5.88 Å². The van der Waals surface area contributed by atoms with Gasteiger partial charge >= 0.3 is 12.3 Å². The first-order valence-corrected chi connectivity index (χ1v) is 22.8. The number of ketones is 2. The van der Waals surface area contributed by atoms with E-state index in [2.05, 4.69) is 5.16 Å². The maximum absolute atomic E-state index is 15.7. The van der Waals surface area contributed by atoms with E-state index in [0.29, 0.717) is 18.4 Å². The molecule has 0 spiro atoms. The normalized spacial score (nSPS) is 24.6. The Hall–Kier alpha value is -4.21. The molecule has 0 bridgehead atoms. The molecule has 314 valence electrons. The smallest absolute Gasteiger partial charge is 0.508 e. The maximum atomic E-state index is 15.7. The summed E-state index contributed by atoms with van der Waals surface area (Å²) < 4.78 is 42.3. The van der Waals surface area contributed by atoms with Crippen LogP contribution < -0.4 is 9.47 Å². The number of Topliss-reactive ketones (excluding diaryl/α,β-unsaturated/α-hetero) is 2. The Morgan fingerprint density at radius 1 is 0.982 bits per heavy atom. The molecular weight excluding hydrogens is 753 g/mol. The number of nitrogens with zero attached hydrogens (tertiary/aromatic N) is 2. The van der Waals surface area contributed by atoms with Gasteiger partial charge in [0.15, 0.2) is 25.5 Å². The number of hydrogen-bond donors (Lipinski definition) is 1. The third-order valence-corrected chi connectivity index (χ3v) is 16.0. The van der Waals surface area contributed by atoms with Crippen LogP contribution in [0, 0.1) is 11.8 Å². The van der Waals surface area contributed by atoms with E-state index in [9.17, 15) is 14.7 Å². The first-order chi connectivity index (χ1) is 26.5. The van der Waals surface area contributed by atoms with Gasteiger partial charge in [0.05, 0.1) is 30.7 Å². The van der Waals surface area contributed by atoms with Crippen LogP contribution in [0.5, 0.6) is 11.6 Å². The average molecular weight is 813 g/mol. The van der Waals surface area contributed by atoms with Gasteiger partial charge in [-0.1, -0.05) is 66.5 Å². The van der Waals surface area contributed by atoms with E-state index >= 15 is 9.59 Å². The van der Waals surface area contributed by atoms with Crippen molar-refractivity contribution in [3.05, 3.63) is 52.0 Å². The molecule has 57 heavy (non-hydrogen) atoms. The molecule has 0 unspecified atom stereocenters. The number of aliphatic hydroxyl groups is 1.